The van der Waals surface area contributed by atoms with Crippen LogP contribution in [0.15, 0.2) is 36.4 Å². The van der Waals surface area contributed by atoms with Gasteiger partial charge in [-0.25, -0.2) is 9.59 Å². The van der Waals surface area contributed by atoms with Gasteiger partial charge in [-0.2, -0.15) is 0 Å². The van der Waals surface area contributed by atoms with Crippen LogP contribution in [0.5, 0.6) is 11.5 Å². The number of nitrogens with zero attached hydrogens (tertiary/aromatic N) is 1. The second-order valence-corrected chi connectivity index (χ2v) is 8.70. The van der Waals surface area contributed by atoms with Gasteiger partial charge in [-0.15, -0.1) is 0 Å². The third-order valence-electron chi connectivity index (χ3n) is 5.98. The van der Waals surface area contributed by atoms with E-state index in [9.17, 15) is 24.3 Å². The Morgan fingerprint density at radius 1 is 1.17 bits per heavy atom. The molecule has 2 atom stereocenters. The fraction of sp³-hybridized carbons (Fsp3) is 0.360. The van der Waals surface area contributed by atoms with E-state index in [-0.39, 0.29) is 24.3 Å². The molecular weight excluding hydrogens is 490 g/mol. The number of rotatable bonds is 8. The Balaban J connectivity index is 1.83. The highest BCUT2D eigenvalue weighted by atomic mass is 35.5. The number of carboxylic acid groups (broad SMARTS) is 1. The highest BCUT2D eigenvalue weighted by Crippen LogP contribution is 2.28. The molecule has 10 nitrogen and oxygen atoms in total. The second kappa shape index (κ2) is 11.8. The van der Waals surface area contributed by atoms with Gasteiger partial charge in [0.25, 0.3) is 0 Å². The highest BCUT2D eigenvalue weighted by molar-refractivity contribution is 6.30. The first-order chi connectivity index (χ1) is 17.2. The lowest BCUT2D eigenvalue weighted by Crippen LogP contribution is -2.48. The Labute approximate surface area is 213 Å². The van der Waals surface area contributed by atoms with Crippen molar-refractivity contribution in [2.75, 3.05) is 27.3 Å². The summed E-state index contributed by atoms with van der Waals surface area (Å²) in [5.74, 6) is -2.17. The summed E-state index contributed by atoms with van der Waals surface area (Å²) < 4.78 is 10.5. The molecule has 0 aromatic heterocycles. The first-order valence-corrected chi connectivity index (χ1v) is 11.7. The molecule has 1 aliphatic heterocycles. The lowest BCUT2D eigenvalue weighted by Gasteiger charge is -2.26. The molecule has 0 saturated carbocycles. The summed E-state index contributed by atoms with van der Waals surface area (Å²) in [6.45, 7) is 1.42. The molecule has 3 N–H and O–H groups in total. The Bertz CT molecular complexity index is 1170. The normalized spacial score (nSPS) is 16.6. The van der Waals surface area contributed by atoms with Gasteiger partial charge in [0.2, 0.25) is 11.8 Å². The van der Waals surface area contributed by atoms with Crippen molar-refractivity contribution < 1.29 is 33.8 Å². The minimum Gasteiger partial charge on any atom is -0.496 e. The maximum absolute atomic E-state index is 13.4. The summed E-state index contributed by atoms with van der Waals surface area (Å²) in [7, 11) is 2.87. The number of nitrogens with one attached hydrogen (secondary N) is 2. The monoisotopic (exact) mass is 517 g/mol. The molecule has 1 heterocycles. The molecule has 1 fully saturated rings. The van der Waals surface area contributed by atoms with Gasteiger partial charge < -0.3 is 25.2 Å². The smallest absolute Gasteiger partial charge is 0.339 e. The number of aromatic carboxylic acids is 1. The van der Waals surface area contributed by atoms with Gasteiger partial charge in [0.05, 0.1) is 26.2 Å². The van der Waals surface area contributed by atoms with Gasteiger partial charge in [0, 0.05) is 11.6 Å². The van der Waals surface area contributed by atoms with E-state index in [4.69, 9.17) is 21.1 Å². The number of carbonyl (C=O) groups is 4. The zero-order valence-electron chi connectivity index (χ0n) is 20.2. The van der Waals surface area contributed by atoms with Crippen molar-refractivity contribution in [2.45, 2.75) is 25.8 Å². The number of amides is 4. The zero-order chi connectivity index (χ0) is 26.4. The topological polar surface area (TPSA) is 134 Å². The van der Waals surface area contributed by atoms with Crippen LogP contribution >= 0.6 is 11.6 Å². The summed E-state index contributed by atoms with van der Waals surface area (Å²) in [6.07, 6.45) is 0.610. The van der Waals surface area contributed by atoms with E-state index < -0.39 is 42.3 Å². The highest BCUT2D eigenvalue weighted by Gasteiger charge is 2.35. The zero-order valence-corrected chi connectivity index (χ0v) is 20.9. The molecule has 0 spiro atoms. The van der Waals surface area contributed by atoms with Gasteiger partial charge in [-0.1, -0.05) is 24.6 Å². The van der Waals surface area contributed by atoms with Gasteiger partial charge >= 0.3 is 12.0 Å². The van der Waals surface area contributed by atoms with E-state index in [0.717, 1.165) is 4.90 Å². The van der Waals surface area contributed by atoms with Gasteiger partial charge in [0.15, 0.2) is 0 Å². The predicted octanol–water partition coefficient (Wildman–Crippen LogP) is 3.03. The van der Waals surface area contributed by atoms with Crippen molar-refractivity contribution >= 4 is 35.4 Å². The Morgan fingerprint density at radius 3 is 2.50 bits per heavy atom. The molecule has 2 aromatic carbocycles. The van der Waals surface area contributed by atoms with Gasteiger partial charge in [0.1, 0.15) is 23.6 Å². The number of carbonyl (C=O) groups excluding carboxylic acids is 3. The van der Waals surface area contributed by atoms with Crippen LogP contribution in [-0.4, -0.2) is 61.1 Å². The van der Waals surface area contributed by atoms with E-state index in [2.05, 4.69) is 10.6 Å². The van der Waals surface area contributed by atoms with Crippen LogP contribution in [0.4, 0.5) is 4.79 Å². The molecule has 0 radical (unpaired) electrons. The van der Waals surface area contributed by atoms with Crippen molar-refractivity contribution in [1.29, 1.82) is 0 Å². The predicted molar refractivity (Wildman–Crippen MR) is 131 cm³/mol. The Hall–Kier alpha value is -3.79. The number of carboxylic acids is 1. The average molecular weight is 518 g/mol. The fourth-order valence-electron chi connectivity index (χ4n) is 4.08. The molecule has 11 heteroatoms. The number of hydrogen-bond donors (Lipinski definition) is 3. The Morgan fingerprint density at radius 2 is 1.86 bits per heavy atom. The Kier molecular flexibility index (Phi) is 8.76. The molecule has 0 aliphatic carbocycles. The molecule has 0 bridgehead atoms. The van der Waals surface area contributed by atoms with E-state index in [0.29, 0.717) is 28.3 Å². The van der Waals surface area contributed by atoms with Gasteiger partial charge in [-0.3, -0.25) is 14.5 Å². The maximum Gasteiger partial charge on any atom is 0.339 e. The van der Waals surface area contributed by atoms with Crippen molar-refractivity contribution in [2.24, 2.45) is 5.92 Å². The van der Waals surface area contributed by atoms with Crippen LogP contribution in [0, 0.1) is 5.92 Å². The molecule has 0 unspecified atom stereocenters. The largest absolute Gasteiger partial charge is 0.496 e. The van der Waals surface area contributed by atoms with Crippen LogP contribution < -0.4 is 20.1 Å². The van der Waals surface area contributed by atoms with Crippen LogP contribution in [0.25, 0.3) is 0 Å². The van der Waals surface area contributed by atoms with Crippen LogP contribution in [0.2, 0.25) is 5.02 Å². The standard InChI is InChI=1S/C25H28ClN3O7/c1-4-19(14-5-7-21(36-3)18(11-14)24(32)33)28-25(34)29-13-22(30)27-12-16(23(29)31)9-15-10-17(26)6-8-20(15)35-2/h5-8,10-11,16,19H,4,9,12-13H2,1-3H3,(H,27,30)(H,28,34)(H,32,33)/t16-,19-/m1/s1. The van der Waals surface area contributed by atoms with Crippen LogP contribution in [0.3, 0.4) is 0 Å². The first-order valence-electron chi connectivity index (χ1n) is 11.3. The second-order valence-electron chi connectivity index (χ2n) is 8.26. The number of imide groups is 1. The summed E-state index contributed by atoms with van der Waals surface area (Å²) >= 11 is 6.11. The number of urea groups is 1. The number of methoxy groups -OCH3 is 2. The third kappa shape index (κ3) is 6.06. The number of halogens is 1. The summed E-state index contributed by atoms with van der Waals surface area (Å²) in [5, 5.41) is 15.4. The van der Waals surface area contributed by atoms with Crippen LogP contribution in [0.1, 0.15) is 40.9 Å². The molecule has 3 rings (SSSR count). The molecule has 4 amide bonds. The molecule has 2 aromatic rings. The summed E-state index contributed by atoms with van der Waals surface area (Å²) in [4.78, 5) is 51.4. The molecular formula is C25H28ClN3O7. The van der Waals surface area contributed by atoms with Crippen molar-refractivity contribution in [3.63, 3.8) is 0 Å². The SMILES string of the molecule is CC[C@@H](NC(=O)N1CC(=O)NC[C@@H](Cc2cc(Cl)ccc2OC)C1=O)c1ccc(OC)c(C(=O)O)c1. The third-order valence-corrected chi connectivity index (χ3v) is 6.21. The quantitative estimate of drug-likeness (QED) is 0.490. The lowest BCUT2D eigenvalue weighted by molar-refractivity contribution is -0.133. The number of hydrogen-bond acceptors (Lipinski definition) is 6. The average Bonchev–Trinajstić information content (AvgIpc) is 3.00. The van der Waals surface area contributed by atoms with E-state index in [1.54, 1.807) is 31.2 Å². The molecule has 36 heavy (non-hydrogen) atoms. The lowest BCUT2D eigenvalue weighted by atomic mass is 9.97. The maximum atomic E-state index is 13.4. The number of benzene rings is 2. The molecule has 1 saturated heterocycles. The molecule has 192 valence electrons. The van der Waals surface area contributed by atoms with Crippen molar-refractivity contribution in [3.8, 4) is 11.5 Å². The fourth-order valence-corrected chi connectivity index (χ4v) is 4.28. The minimum atomic E-state index is -1.17. The van der Waals surface area contributed by atoms with Gasteiger partial charge in [-0.05, 0) is 54.3 Å². The van der Waals surface area contributed by atoms with E-state index >= 15 is 0 Å². The summed E-state index contributed by atoms with van der Waals surface area (Å²) in [6, 6.07) is 8.25. The van der Waals surface area contributed by atoms with Crippen LogP contribution in [-0.2, 0) is 16.0 Å². The van der Waals surface area contributed by atoms with Crippen molar-refractivity contribution in [1.82, 2.24) is 15.5 Å². The molecule has 1 aliphatic rings. The van der Waals surface area contributed by atoms with Crippen molar-refractivity contribution in [3.05, 3.63) is 58.1 Å². The van der Waals surface area contributed by atoms with E-state index in [1.165, 1.54) is 26.4 Å². The minimum absolute atomic E-state index is 0.0504. The first kappa shape index (κ1) is 26.8. The van der Waals surface area contributed by atoms with E-state index in [1.807, 2.05) is 0 Å². The summed E-state index contributed by atoms with van der Waals surface area (Å²) in [5.41, 5.74) is 1.14. The number of ether oxygens (including phenoxy) is 2.